The van der Waals surface area contributed by atoms with Gasteiger partial charge in [-0.05, 0) is 51.4 Å². The second-order valence-electron chi connectivity index (χ2n) is 22.8. The predicted molar refractivity (Wildman–Crippen MR) is 312 cm³/mol. The molecule has 444 valence electrons. The summed E-state index contributed by atoms with van der Waals surface area (Å²) < 4.78 is 11.1. The molecule has 9 atom stereocenters. The van der Waals surface area contributed by atoms with Crippen molar-refractivity contribution in [3.63, 3.8) is 0 Å². The minimum atomic E-state index is -1.67. The number of rotatable bonds is 56. The molecule has 1 amide bonds. The number of allylic oxidation sites excluding steroid dienone is 4. The summed E-state index contributed by atoms with van der Waals surface area (Å²) in [6, 6.07) is -1.19. The summed E-state index contributed by atoms with van der Waals surface area (Å²) in [5.74, 6) is -0.705. The fourth-order valence-corrected chi connectivity index (χ4v) is 10.5. The van der Waals surface area contributed by atoms with Crippen LogP contribution in [-0.2, 0) is 14.3 Å². The lowest BCUT2D eigenvalue weighted by molar-refractivity contribution is -0.303. The van der Waals surface area contributed by atoms with E-state index in [1.807, 2.05) is 0 Å². The van der Waals surface area contributed by atoms with Gasteiger partial charge in [-0.15, -0.1) is 0 Å². The first-order valence-corrected chi connectivity index (χ1v) is 32.2. The Morgan fingerprint density at radius 1 is 0.453 bits per heavy atom. The molecule has 0 spiro atoms. The lowest BCUT2D eigenvalue weighted by Gasteiger charge is -2.40. The van der Waals surface area contributed by atoms with E-state index in [0.29, 0.717) is 19.3 Å². The Balaban J connectivity index is 2.25. The van der Waals surface area contributed by atoms with Crippen molar-refractivity contribution in [3.05, 3.63) is 24.3 Å². The summed E-state index contributed by atoms with van der Waals surface area (Å²) in [6.07, 6.45) is 54.0. The van der Waals surface area contributed by atoms with Gasteiger partial charge in [0.05, 0.1) is 25.4 Å². The van der Waals surface area contributed by atoms with E-state index in [0.717, 1.165) is 38.5 Å². The summed E-state index contributed by atoms with van der Waals surface area (Å²) in [6.45, 7) is 3.48. The maximum atomic E-state index is 13.2. The van der Waals surface area contributed by atoms with Crippen LogP contribution in [0.25, 0.3) is 0 Å². The zero-order chi connectivity index (χ0) is 54.7. The molecule has 0 radical (unpaired) electrons. The molecule has 1 aliphatic heterocycles. The highest BCUT2D eigenvalue weighted by Gasteiger charge is 2.44. The molecule has 0 aliphatic carbocycles. The first kappa shape index (κ1) is 71.6. The third-order valence-electron chi connectivity index (χ3n) is 15.7. The molecule has 0 saturated carbocycles. The van der Waals surface area contributed by atoms with E-state index in [-0.39, 0.29) is 12.8 Å². The Bertz CT molecular complexity index is 1270. The molecule has 0 bridgehead atoms. The summed E-state index contributed by atoms with van der Waals surface area (Å²) in [7, 11) is 0. The van der Waals surface area contributed by atoms with Crippen LogP contribution in [-0.4, -0.2) is 110 Å². The van der Waals surface area contributed by atoms with Gasteiger partial charge in [0.15, 0.2) is 6.29 Å². The average molecular weight is 1070 g/mol. The minimum absolute atomic E-state index is 0.249. The van der Waals surface area contributed by atoms with Crippen LogP contribution in [0.4, 0.5) is 0 Å². The molecule has 1 saturated heterocycles. The summed E-state index contributed by atoms with van der Waals surface area (Å²) >= 11 is 0. The van der Waals surface area contributed by atoms with Crippen LogP contribution in [0.15, 0.2) is 24.3 Å². The van der Waals surface area contributed by atoms with Gasteiger partial charge in [0.1, 0.15) is 36.6 Å². The number of ether oxygens (including phenoxy) is 2. The van der Waals surface area contributed by atoms with E-state index < -0.39 is 74.2 Å². The van der Waals surface area contributed by atoms with Gasteiger partial charge in [-0.2, -0.15) is 0 Å². The number of nitrogens with one attached hydrogen (secondary N) is 1. The average Bonchev–Trinajstić information content (AvgIpc) is 3.41. The third-order valence-corrected chi connectivity index (χ3v) is 15.7. The topological polar surface area (TPSA) is 189 Å². The van der Waals surface area contributed by atoms with E-state index >= 15 is 0 Å². The van der Waals surface area contributed by atoms with E-state index in [9.17, 15) is 40.5 Å². The molecule has 75 heavy (non-hydrogen) atoms. The quantitative estimate of drug-likeness (QED) is 0.0215. The van der Waals surface area contributed by atoms with E-state index in [1.165, 1.54) is 225 Å². The molecule has 1 rings (SSSR count). The highest BCUT2D eigenvalue weighted by molar-refractivity contribution is 5.80. The van der Waals surface area contributed by atoms with Gasteiger partial charge in [-0.25, -0.2) is 0 Å². The number of aliphatic hydroxyl groups excluding tert-OH is 7. The number of carbonyl (C=O) groups excluding carboxylic acids is 1. The fraction of sp³-hybridized carbons (Fsp3) is 0.922. The van der Waals surface area contributed by atoms with Crippen molar-refractivity contribution in [2.24, 2.45) is 0 Å². The fourth-order valence-electron chi connectivity index (χ4n) is 10.5. The zero-order valence-corrected chi connectivity index (χ0v) is 48.8. The first-order chi connectivity index (χ1) is 36.7. The SMILES string of the molecule is CCCCCCCCCCCCCCCCCCCCCCCC/C=C/CC/C=C/CCCC(O)C(O)C(COC1OC(CO)C(O)C(O)C1O)NC(=O)C(O)CCCCCCCCCCCCCCCCCCC. The molecule has 1 fully saturated rings. The van der Waals surface area contributed by atoms with Gasteiger partial charge >= 0.3 is 0 Å². The molecule has 0 aromatic rings. The van der Waals surface area contributed by atoms with Gasteiger partial charge in [0, 0.05) is 0 Å². The number of unbranched alkanes of at least 4 members (excludes halogenated alkanes) is 40. The number of carbonyl (C=O) groups is 1. The number of hydrogen-bond donors (Lipinski definition) is 8. The van der Waals surface area contributed by atoms with Gasteiger partial charge < -0.3 is 50.5 Å². The minimum Gasteiger partial charge on any atom is -0.394 e. The second kappa shape index (κ2) is 53.2. The highest BCUT2D eigenvalue weighted by Crippen LogP contribution is 2.24. The lowest BCUT2D eigenvalue weighted by Crippen LogP contribution is -2.60. The van der Waals surface area contributed by atoms with Crippen molar-refractivity contribution in [3.8, 4) is 0 Å². The molecule has 0 aromatic carbocycles. The molecule has 11 heteroatoms. The smallest absolute Gasteiger partial charge is 0.249 e. The summed E-state index contributed by atoms with van der Waals surface area (Å²) in [5, 5.41) is 76.2. The molecule has 0 aromatic heterocycles. The van der Waals surface area contributed by atoms with Crippen LogP contribution in [0.2, 0.25) is 0 Å². The highest BCUT2D eigenvalue weighted by atomic mass is 16.7. The standard InChI is InChI=1S/C64H123NO10/c1-3-5-7-9-11-13-15-17-19-21-22-23-24-25-26-27-28-29-30-31-32-33-34-36-37-39-41-43-45-47-49-51-56(67)59(69)55(54-74-64-62(72)61(71)60(70)58(53-66)75-64)65-63(73)57(68)52-50-48-46-44-42-40-38-35-20-18-16-14-12-10-8-6-4-2/h36-37,43,45,55-62,64,66-72H,3-35,38-42,44,46-54H2,1-2H3,(H,65,73)/b37-36+,45-43+. The maximum absolute atomic E-state index is 13.2. The Morgan fingerprint density at radius 2 is 0.800 bits per heavy atom. The van der Waals surface area contributed by atoms with Crippen molar-refractivity contribution in [2.75, 3.05) is 13.2 Å². The molecule has 1 aliphatic rings. The maximum Gasteiger partial charge on any atom is 0.249 e. The van der Waals surface area contributed by atoms with Crippen LogP contribution in [0.1, 0.15) is 309 Å². The largest absolute Gasteiger partial charge is 0.394 e. The third kappa shape index (κ3) is 41.3. The van der Waals surface area contributed by atoms with Crippen LogP contribution in [0.5, 0.6) is 0 Å². The lowest BCUT2D eigenvalue weighted by atomic mass is 9.98. The van der Waals surface area contributed by atoms with Gasteiger partial charge in [0.25, 0.3) is 0 Å². The van der Waals surface area contributed by atoms with Crippen LogP contribution in [0, 0.1) is 0 Å². The number of amides is 1. The van der Waals surface area contributed by atoms with Crippen LogP contribution < -0.4 is 5.32 Å². The van der Waals surface area contributed by atoms with Crippen LogP contribution in [0.3, 0.4) is 0 Å². The molecular weight excluding hydrogens is 943 g/mol. The van der Waals surface area contributed by atoms with E-state index in [4.69, 9.17) is 9.47 Å². The normalized spacial score (nSPS) is 19.8. The Labute approximate surface area is 461 Å². The van der Waals surface area contributed by atoms with Crippen molar-refractivity contribution in [1.82, 2.24) is 5.32 Å². The second-order valence-corrected chi connectivity index (χ2v) is 22.8. The van der Waals surface area contributed by atoms with Crippen LogP contribution >= 0.6 is 0 Å². The summed E-state index contributed by atoms with van der Waals surface area (Å²) in [4.78, 5) is 13.2. The Kier molecular flexibility index (Phi) is 50.8. The number of aliphatic hydroxyl groups is 7. The van der Waals surface area contributed by atoms with E-state index in [1.54, 1.807) is 0 Å². The van der Waals surface area contributed by atoms with Crippen molar-refractivity contribution in [1.29, 1.82) is 0 Å². The van der Waals surface area contributed by atoms with Crippen molar-refractivity contribution >= 4 is 5.91 Å². The Hall–Kier alpha value is -1.41. The van der Waals surface area contributed by atoms with Gasteiger partial charge in [-0.3, -0.25) is 4.79 Å². The predicted octanol–water partition coefficient (Wildman–Crippen LogP) is 14.5. The van der Waals surface area contributed by atoms with Gasteiger partial charge in [0.2, 0.25) is 5.91 Å². The monoisotopic (exact) mass is 1070 g/mol. The summed E-state index contributed by atoms with van der Waals surface area (Å²) in [5.41, 5.74) is 0. The molecular formula is C64H123NO10. The van der Waals surface area contributed by atoms with Crippen molar-refractivity contribution in [2.45, 2.75) is 364 Å². The molecule has 1 heterocycles. The molecule has 8 N–H and O–H groups in total. The molecule has 9 unspecified atom stereocenters. The number of hydrogen-bond acceptors (Lipinski definition) is 10. The zero-order valence-electron chi connectivity index (χ0n) is 48.8. The first-order valence-electron chi connectivity index (χ1n) is 32.2. The van der Waals surface area contributed by atoms with E-state index in [2.05, 4.69) is 43.5 Å². The molecule has 11 nitrogen and oxygen atoms in total. The Morgan fingerprint density at radius 3 is 1.19 bits per heavy atom. The van der Waals surface area contributed by atoms with Gasteiger partial charge in [-0.1, -0.05) is 282 Å². The van der Waals surface area contributed by atoms with Crippen molar-refractivity contribution < 1.29 is 50.0 Å².